The number of ether oxygens (including phenoxy) is 2. The molecule has 1 N–H and O–H groups in total. The third kappa shape index (κ3) is 6.09. The Balaban J connectivity index is 1.90. The number of amides is 1. The summed E-state index contributed by atoms with van der Waals surface area (Å²) in [5.41, 5.74) is 3.23. The van der Waals surface area contributed by atoms with E-state index in [1.165, 1.54) is 6.21 Å². The maximum Gasteiger partial charge on any atom is 0.277 e. The first-order chi connectivity index (χ1) is 11.9. The molecule has 0 unspecified atom stereocenters. The van der Waals surface area contributed by atoms with Crippen LogP contribution >= 0.6 is 63.7 Å². The molecule has 0 bridgehead atoms. The summed E-state index contributed by atoms with van der Waals surface area (Å²) < 4.78 is 13.8. The number of halogens is 4. The van der Waals surface area contributed by atoms with Crippen molar-refractivity contribution in [1.82, 2.24) is 5.43 Å². The standard InChI is InChI=1S/C16H12Br4N2O3/c1-24-14-3-2-9(4-11(14)18)7-21-22-15(23)8-25-16-12(19)5-10(17)6-13(16)20/h2-7H,8H2,1H3,(H,22,23)/b21-7-. The lowest BCUT2D eigenvalue weighted by atomic mass is 10.2. The number of benzene rings is 2. The topological polar surface area (TPSA) is 59.9 Å². The molecule has 5 nitrogen and oxygen atoms in total. The van der Waals surface area contributed by atoms with E-state index in [0.717, 1.165) is 29.2 Å². The molecule has 0 aliphatic rings. The predicted molar refractivity (Wildman–Crippen MR) is 111 cm³/mol. The van der Waals surface area contributed by atoms with Gasteiger partial charge in [-0.3, -0.25) is 4.79 Å². The number of carbonyl (C=O) groups excluding carboxylic acids is 1. The van der Waals surface area contributed by atoms with Crippen molar-refractivity contribution in [1.29, 1.82) is 0 Å². The van der Waals surface area contributed by atoms with Crippen molar-refractivity contribution in [3.63, 3.8) is 0 Å². The molecule has 2 aromatic rings. The van der Waals surface area contributed by atoms with Crippen molar-refractivity contribution in [2.24, 2.45) is 5.10 Å². The molecule has 0 fully saturated rings. The average molecular weight is 600 g/mol. The number of methoxy groups -OCH3 is 1. The van der Waals surface area contributed by atoms with Crippen LogP contribution in [0.3, 0.4) is 0 Å². The van der Waals surface area contributed by atoms with Crippen LogP contribution in [0.1, 0.15) is 5.56 Å². The summed E-state index contributed by atoms with van der Waals surface area (Å²) in [5, 5.41) is 3.91. The minimum absolute atomic E-state index is 0.164. The van der Waals surface area contributed by atoms with E-state index in [1.807, 2.05) is 24.3 Å². The van der Waals surface area contributed by atoms with Gasteiger partial charge in [-0.25, -0.2) is 5.43 Å². The largest absolute Gasteiger partial charge is 0.496 e. The number of rotatable bonds is 6. The summed E-state index contributed by atoms with van der Waals surface area (Å²) in [6, 6.07) is 9.13. The zero-order valence-corrected chi connectivity index (χ0v) is 19.2. The minimum Gasteiger partial charge on any atom is -0.496 e. The van der Waals surface area contributed by atoms with Crippen LogP contribution in [0.5, 0.6) is 11.5 Å². The van der Waals surface area contributed by atoms with Crippen LogP contribution in [0.4, 0.5) is 0 Å². The lowest BCUT2D eigenvalue weighted by Gasteiger charge is -2.10. The van der Waals surface area contributed by atoms with Gasteiger partial charge in [0, 0.05) is 4.47 Å². The molecule has 1 amide bonds. The maximum absolute atomic E-state index is 11.8. The summed E-state index contributed by atoms with van der Waals surface area (Å²) in [6.07, 6.45) is 1.54. The van der Waals surface area contributed by atoms with Crippen molar-refractivity contribution in [3.8, 4) is 11.5 Å². The Hall–Kier alpha value is -0.900. The van der Waals surface area contributed by atoms with Crippen LogP contribution in [0.25, 0.3) is 0 Å². The van der Waals surface area contributed by atoms with Crippen molar-refractivity contribution in [3.05, 3.63) is 53.8 Å². The lowest BCUT2D eigenvalue weighted by molar-refractivity contribution is -0.123. The van der Waals surface area contributed by atoms with Gasteiger partial charge in [0.2, 0.25) is 0 Å². The highest BCUT2D eigenvalue weighted by molar-refractivity contribution is 9.11. The Morgan fingerprint density at radius 3 is 2.40 bits per heavy atom. The van der Waals surface area contributed by atoms with E-state index < -0.39 is 0 Å². The number of hydrogen-bond donors (Lipinski definition) is 1. The van der Waals surface area contributed by atoms with Crippen LogP contribution in [0, 0.1) is 0 Å². The first-order valence-corrected chi connectivity index (χ1v) is 10.0. The molecular weight excluding hydrogens is 588 g/mol. The number of hydrogen-bond acceptors (Lipinski definition) is 4. The number of hydrazone groups is 1. The van der Waals surface area contributed by atoms with Crippen LogP contribution in [-0.2, 0) is 4.79 Å². The zero-order valence-electron chi connectivity index (χ0n) is 12.9. The molecule has 2 rings (SSSR count). The summed E-state index contributed by atoms with van der Waals surface area (Å²) >= 11 is 13.5. The number of nitrogens with zero attached hydrogens (tertiary/aromatic N) is 1. The van der Waals surface area contributed by atoms with E-state index in [0.29, 0.717) is 5.75 Å². The predicted octanol–water partition coefficient (Wildman–Crippen LogP) is 5.27. The summed E-state index contributed by atoms with van der Waals surface area (Å²) in [7, 11) is 1.59. The highest BCUT2D eigenvalue weighted by atomic mass is 79.9. The van der Waals surface area contributed by atoms with Gasteiger partial charge in [-0.1, -0.05) is 15.9 Å². The van der Waals surface area contributed by atoms with Crippen molar-refractivity contribution in [2.75, 3.05) is 13.7 Å². The average Bonchev–Trinajstić information content (AvgIpc) is 2.54. The molecule has 2 aromatic carbocycles. The SMILES string of the molecule is COc1ccc(/C=N\NC(=O)COc2c(Br)cc(Br)cc2Br)cc1Br. The number of carbonyl (C=O) groups is 1. The van der Waals surface area contributed by atoms with Gasteiger partial charge in [-0.2, -0.15) is 5.10 Å². The first-order valence-electron chi connectivity index (χ1n) is 6.83. The summed E-state index contributed by atoms with van der Waals surface area (Å²) in [6.45, 7) is -0.164. The molecule has 0 spiro atoms. The van der Waals surface area contributed by atoms with E-state index in [1.54, 1.807) is 13.2 Å². The normalized spacial score (nSPS) is 10.8. The van der Waals surface area contributed by atoms with Gasteiger partial charge in [0.25, 0.3) is 5.91 Å². The second-order valence-electron chi connectivity index (χ2n) is 4.67. The third-order valence-corrected chi connectivity index (χ3v) is 5.14. The molecular formula is C16H12Br4N2O3. The van der Waals surface area contributed by atoms with E-state index >= 15 is 0 Å². The Kier molecular flexibility index (Phi) is 7.92. The van der Waals surface area contributed by atoms with Gasteiger partial charge in [-0.05, 0) is 83.7 Å². The fraction of sp³-hybridized carbons (Fsp3) is 0.125. The van der Waals surface area contributed by atoms with E-state index in [-0.39, 0.29) is 12.5 Å². The molecule has 0 atom stereocenters. The smallest absolute Gasteiger partial charge is 0.277 e. The van der Waals surface area contributed by atoms with Crippen LogP contribution in [-0.4, -0.2) is 25.8 Å². The molecule has 0 saturated carbocycles. The Morgan fingerprint density at radius 2 is 1.80 bits per heavy atom. The Morgan fingerprint density at radius 1 is 1.12 bits per heavy atom. The van der Waals surface area contributed by atoms with Gasteiger partial charge < -0.3 is 9.47 Å². The molecule has 9 heteroatoms. The molecule has 0 radical (unpaired) electrons. The van der Waals surface area contributed by atoms with E-state index in [9.17, 15) is 4.79 Å². The molecule has 25 heavy (non-hydrogen) atoms. The highest BCUT2D eigenvalue weighted by Crippen LogP contribution is 2.36. The van der Waals surface area contributed by atoms with Crippen LogP contribution in [0.15, 0.2) is 53.3 Å². The lowest BCUT2D eigenvalue weighted by Crippen LogP contribution is -2.24. The van der Waals surface area contributed by atoms with Gasteiger partial charge in [-0.15, -0.1) is 0 Å². The maximum atomic E-state index is 11.8. The molecule has 132 valence electrons. The van der Waals surface area contributed by atoms with E-state index in [2.05, 4.69) is 74.2 Å². The second-order valence-corrected chi connectivity index (χ2v) is 8.15. The quantitative estimate of drug-likeness (QED) is 0.364. The second kappa shape index (κ2) is 9.70. The van der Waals surface area contributed by atoms with Gasteiger partial charge in [0.1, 0.15) is 11.5 Å². The van der Waals surface area contributed by atoms with Crippen molar-refractivity contribution < 1.29 is 14.3 Å². The summed E-state index contributed by atoms with van der Waals surface area (Å²) in [4.78, 5) is 11.8. The molecule has 0 aromatic heterocycles. The van der Waals surface area contributed by atoms with Crippen LogP contribution < -0.4 is 14.9 Å². The van der Waals surface area contributed by atoms with E-state index in [4.69, 9.17) is 9.47 Å². The number of nitrogens with one attached hydrogen (secondary N) is 1. The minimum atomic E-state index is -0.370. The van der Waals surface area contributed by atoms with Crippen LogP contribution in [0.2, 0.25) is 0 Å². The van der Waals surface area contributed by atoms with Gasteiger partial charge in [0.05, 0.1) is 26.7 Å². The monoisotopic (exact) mass is 596 g/mol. The summed E-state index contributed by atoms with van der Waals surface area (Å²) in [5.74, 6) is 0.896. The fourth-order valence-electron chi connectivity index (χ4n) is 1.78. The zero-order chi connectivity index (χ0) is 18.4. The molecule has 0 aliphatic carbocycles. The Labute approximate surface area is 178 Å². The molecule has 0 saturated heterocycles. The Bertz CT molecular complexity index is 789. The first kappa shape index (κ1) is 20.4. The highest BCUT2D eigenvalue weighted by Gasteiger charge is 2.10. The fourth-order valence-corrected chi connectivity index (χ4v) is 4.82. The molecule has 0 heterocycles. The van der Waals surface area contributed by atoms with Gasteiger partial charge in [0.15, 0.2) is 6.61 Å². The van der Waals surface area contributed by atoms with Gasteiger partial charge >= 0.3 is 0 Å². The molecule has 0 aliphatic heterocycles. The van der Waals surface area contributed by atoms with Crippen molar-refractivity contribution in [2.45, 2.75) is 0 Å². The van der Waals surface area contributed by atoms with Crippen molar-refractivity contribution >= 4 is 75.8 Å². The third-order valence-electron chi connectivity index (χ3n) is 2.89.